The van der Waals surface area contributed by atoms with Crippen molar-refractivity contribution in [3.8, 4) is 5.75 Å². The van der Waals surface area contributed by atoms with Crippen molar-refractivity contribution in [2.45, 2.75) is 19.3 Å². The van der Waals surface area contributed by atoms with E-state index in [9.17, 15) is 9.90 Å². The Morgan fingerprint density at radius 3 is 3.00 bits per heavy atom. The molecule has 0 aliphatic heterocycles. The maximum Gasteiger partial charge on any atom is 0.306 e. The van der Waals surface area contributed by atoms with Crippen LogP contribution in [0.5, 0.6) is 5.75 Å². The van der Waals surface area contributed by atoms with Crippen molar-refractivity contribution in [3.05, 3.63) is 34.5 Å². The molecule has 0 bridgehead atoms. The monoisotopic (exact) mass is 397 g/mol. The fraction of sp³-hybridized carbons (Fsp3) is 0.263. The molecule has 2 aromatic heterocycles. The lowest BCUT2D eigenvalue weighted by Crippen LogP contribution is -2.21. The number of nitrogens with zero attached hydrogens (tertiary/aromatic N) is 2. The topological polar surface area (TPSA) is 134 Å². The van der Waals surface area contributed by atoms with Crippen LogP contribution in [0.25, 0.3) is 10.2 Å². The minimum atomic E-state index is -0.752. The van der Waals surface area contributed by atoms with Crippen LogP contribution in [0.4, 0.5) is 17.2 Å². The highest BCUT2D eigenvalue weighted by Gasteiger charge is 2.29. The quantitative estimate of drug-likeness (QED) is 0.383. The van der Waals surface area contributed by atoms with E-state index in [0.29, 0.717) is 47.8 Å². The molecule has 1 aliphatic rings. The first kappa shape index (κ1) is 18.2. The summed E-state index contributed by atoms with van der Waals surface area (Å²) in [5.41, 5.74) is 8.73. The number of nitrogen functional groups attached to an aromatic ring is 1. The van der Waals surface area contributed by atoms with Gasteiger partial charge in [0, 0.05) is 28.4 Å². The number of fused-ring (bicyclic) bond motifs is 3. The fourth-order valence-electron chi connectivity index (χ4n) is 3.55. The molecule has 0 amide bonds. The van der Waals surface area contributed by atoms with Crippen LogP contribution in [-0.4, -0.2) is 34.4 Å². The molecule has 9 heteroatoms. The number of aliphatic carboxylic acids is 1. The number of thiophene rings is 1. The van der Waals surface area contributed by atoms with E-state index in [1.54, 1.807) is 19.2 Å². The summed E-state index contributed by atoms with van der Waals surface area (Å²) in [6, 6.07) is 3.41. The number of hydrogen-bond donors (Lipinski definition) is 4. The van der Waals surface area contributed by atoms with Gasteiger partial charge in [-0.25, -0.2) is 9.97 Å². The lowest BCUT2D eigenvalue weighted by Gasteiger charge is -2.19. The molecule has 0 fully saturated rings. The molecule has 1 atom stereocenters. The molecular formula is C19H19N5O3S. The molecule has 4 rings (SSSR count). The number of rotatable bonds is 5. The maximum atomic E-state index is 11.4. The molecule has 3 aromatic rings. The Hall–Kier alpha value is -3.20. The molecule has 0 spiro atoms. The second-order valence-electron chi connectivity index (χ2n) is 6.63. The number of benzene rings is 1. The number of hydrogen-bond acceptors (Lipinski definition) is 8. The molecule has 0 saturated heterocycles. The maximum absolute atomic E-state index is 11.4. The number of carboxylic acids is 1. The Balaban J connectivity index is 1.79. The first-order valence-electron chi connectivity index (χ1n) is 8.74. The van der Waals surface area contributed by atoms with Gasteiger partial charge in [-0.3, -0.25) is 4.79 Å². The van der Waals surface area contributed by atoms with Crippen LogP contribution in [0.15, 0.2) is 18.5 Å². The van der Waals surface area contributed by atoms with Crippen molar-refractivity contribution < 1.29 is 14.6 Å². The van der Waals surface area contributed by atoms with E-state index in [-0.39, 0.29) is 5.92 Å². The minimum absolute atomic E-state index is 0.350. The van der Waals surface area contributed by atoms with E-state index in [4.69, 9.17) is 15.9 Å². The summed E-state index contributed by atoms with van der Waals surface area (Å²) >= 11 is 1.52. The Kier molecular flexibility index (Phi) is 4.60. The van der Waals surface area contributed by atoms with Crippen molar-refractivity contribution >= 4 is 50.9 Å². The molecule has 144 valence electrons. The summed E-state index contributed by atoms with van der Waals surface area (Å²) in [6.45, 7) is 0. The van der Waals surface area contributed by atoms with Gasteiger partial charge in [0.1, 0.15) is 22.7 Å². The number of aryl methyl sites for hydroxylation is 1. The number of nitrogens with two attached hydrogens (primary N) is 1. The molecule has 5 N–H and O–H groups in total. The minimum Gasteiger partial charge on any atom is -0.494 e. The van der Waals surface area contributed by atoms with Crippen LogP contribution in [0, 0.1) is 11.3 Å². The van der Waals surface area contributed by atoms with Gasteiger partial charge in [-0.05, 0) is 30.9 Å². The normalized spacial score (nSPS) is 15.8. The molecule has 8 nitrogen and oxygen atoms in total. The lowest BCUT2D eigenvalue weighted by molar-refractivity contribution is -0.142. The zero-order valence-electron chi connectivity index (χ0n) is 15.2. The van der Waals surface area contributed by atoms with Crippen molar-refractivity contribution in [1.82, 2.24) is 9.97 Å². The average molecular weight is 397 g/mol. The summed E-state index contributed by atoms with van der Waals surface area (Å²) in [4.78, 5) is 22.0. The average Bonchev–Trinajstić information content (AvgIpc) is 3.07. The van der Waals surface area contributed by atoms with Crippen LogP contribution >= 0.6 is 11.3 Å². The van der Waals surface area contributed by atoms with Crippen LogP contribution in [0.3, 0.4) is 0 Å². The van der Waals surface area contributed by atoms with E-state index < -0.39 is 5.97 Å². The molecule has 1 aromatic carbocycles. The zero-order chi connectivity index (χ0) is 19.8. The van der Waals surface area contributed by atoms with Crippen molar-refractivity contribution in [2.24, 2.45) is 5.92 Å². The molecule has 1 aliphatic carbocycles. The second kappa shape index (κ2) is 7.08. The zero-order valence-corrected chi connectivity index (χ0v) is 16.0. The molecular weight excluding hydrogens is 378 g/mol. The largest absolute Gasteiger partial charge is 0.494 e. The summed E-state index contributed by atoms with van der Waals surface area (Å²) in [7, 11) is 1.55. The van der Waals surface area contributed by atoms with E-state index in [1.165, 1.54) is 23.9 Å². The number of ether oxygens (including phenoxy) is 1. The Morgan fingerprint density at radius 1 is 1.46 bits per heavy atom. The standard InChI is InChI=1S/C19H19N5O3S/c1-27-14-6-12(21)10(7-20)4-13(14)24-17-16-11-3-2-9(19(25)26)5-15(11)28-18(16)23-8-22-17/h4,6-9,20H,2-3,5,21H2,1H3,(H,25,26)(H,22,23,24)/t9-/m1/s1. The molecule has 0 radical (unpaired) electrons. The van der Waals surface area contributed by atoms with Crippen molar-refractivity contribution in [1.29, 1.82) is 5.41 Å². The van der Waals surface area contributed by atoms with E-state index >= 15 is 0 Å². The predicted molar refractivity (Wildman–Crippen MR) is 109 cm³/mol. The highest BCUT2D eigenvalue weighted by atomic mass is 32.1. The number of nitrogens with one attached hydrogen (secondary N) is 2. The predicted octanol–water partition coefficient (Wildman–Crippen LogP) is 3.21. The first-order valence-corrected chi connectivity index (χ1v) is 9.56. The first-order chi connectivity index (χ1) is 13.5. The third-order valence-corrected chi connectivity index (χ3v) is 6.17. The molecule has 0 saturated carbocycles. The summed E-state index contributed by atoms with van der Waals surface area (Å²) in [6.07, 6.45) is 4.48. The van der Waals surface area contributed by atoms with Gasteiger partial charge >= 0.3 is 5.97 Å². The number of methoxy groups -OCH3 is 1. The van der Waals surface area contributed by atoms with E-state index in [1.807, 2.05) is 0 Å². The Morgan fingerprint density at radius 2 is 2.29 bits per heavy atom. The Labute approximate surface area is 164 Å². The molecule has 2 heterocycles. The third kappa shape index (κ3) is 3.03. The SMILES string of the molecule is COc1cc(N)c(C=N)cc1Nc1ncnc2sc3c(c12)CC[C@@H](C(=O)O)C3. The van der Waals surface area contributed by atoms with Crippen molar-refractivity contribution in [2.75, 3.05) is 18.2 Å². The van der Waals surface area contributed by atoms with Gasteiger partial charge in [0.05, 0.1) is 24.1 Å². The van der Waals surface area contributed by atoms with Gasteiger partial charge in [-0.15, -0.1) is 11.3 Å². The lowest BCUT2D eigenvalue weighted by atomic mass is 9.88. The number of anilines is 3. The number of aromatic nitrogens is 2. The smallest absolute Gasteiger partial charge is 0.306 e. The van der Waals surface area contributed by atoms with E-state index in [2.05, 4.69) is 15.3 Å². The van der Waals surface area contributed by atoms with Gasteiger partial charge in [-0.1, -0.05) is 0 Å². The van der Waals surface area contributed by atoms with Gasteiger partial charge in [0.25, 0.3) is 0 Å². The van der Waals surface area contributed by atoms with E-state index in [0.717, 1.165) is 20.7 Å². The van der Waals surface area contributed by atoms with Crippen LogP contribution in [-0.2, 0) is 17.6 Å². The van der Waals surface area contributed by atoms with Crippen LogP contribution < -0.4 is 15.8 Å². The highest BCUT2D eigenvalue weighted by Crippen LogP contribution is 2.41. The fourth-order valence-corrected chi connectivity index (χ4v) is 4.81. The Bertz CT molecular complexity index is 1090. The van der Waals surface area contributed by atoms with Gasteiger partial charge in [0.15, 0.2) is 0 Å². The van der Waals surface area contributed by atoms with Crippen LogP contribution in [0.1, 0.15) is 22.4 Å². The number of carbonyl (C=O) groups is 1. The molecule has 0 unspecified atom stereocenters. The third-order valence-electron chi connectivity index (χ3n) is 5.01. The second-order valence-corrected chi connectivity index (χ2v) is 7.72. The summed E-state index contributed by atoms with van der Waals surface area (Å²) in [5, 5.41) is 21.1. The van der Waals surface area contributed by atoms with Crippen molar-refractivity contribution in [3.63, 3.8) is 0 Å². The van der Waals surface area contributed by atoms with Gasteiger partial charge in [0.2, 0.25) is 0 Å². The number of carboxylic acid groups (broad SMARTS) is 1. The highest BCUT2D eigenvalue weighted by molar-refractivity contribution is 7.19. The van der Waals surface area contributed by atoms with Gasteiger partial charge in [-0.2, -0.15) is 0 Å². The summed E-state index contributed by atoms with van der Waals surface area (Å²) < 4.78 is 5.42. The van der Waals surface area contributed by atoms with Crippen LogP contribution in [0.2, 0.25) is 0 Å². The summed E-state index contributed by atoms with van der Waals surface area (Å²) in [5.74, 6) is 0.0794. The van der Waals surface area contributed by atoms with Gasteiger partial charge < -0.3 is 26.3 Å². The molecule has 28 heavy (non-hydrogen) atoms.